The first kappa shape index (κ1) is 10.4. The Hall–Kier alpha value is -2.17. The van der Waals surface area contributed by atoms with E-state index in [4.69, 9.17) is 5.11 Å². The maximum Gasteiger partial charge on any atom is 0.353 e. The third-order valence-corrected chi connectivity index (χ3v) is 2.12. The number of aryl methyl sites for hydroxylation is 1. The van der Waals surface area contributed by atoms with E-state index in [9.17, 15) is 9.18 Å². The molecule has 0 unspecified atom stereocenters. The molecule has 1 aromatic heterocycles. The molecule has 1 heterocycles. The van der Waals surface area contributed by atoms with Gasteiger partial charge in [0.25, 0.3) is 0 Å². The van der Waals surface area contributed by atoms with Gasteiger partial charge in [0.2, 0.25) is 0 Å². The lowest BCUT2D eigenvalue weighted by Crippen LogP contribution is -1.95. The average Bonchev–Trinajstić information content (AvgIpc) is 2.64. The van der Waals surface area contributed by atoms with Crippen LogP contribution in [0, 0.1) is 12.7 Å². The van der Waals surface area contributed by atoms with Crippen LogP contribution >= 0.6 is 0 Å². The lowest BCUT2D eigenvalue weighted by molar-refractivity contribution is 0.0691. The zero-order valence-corrected chi connectivity index (χ0v) is 8.49. The highest BCUT2D eigenvalue weighted by Gasteiger charge is 2.09. The highest BCUT2D eigenvalue weighted by molar-refractivity contribution is 5.85. The first-order chi connectivity index (χ1) is 7.56. The van der Waals surface area contributed by atoms with Gasteiger partial charge < -0.3 is 10.1 Å². The Morgan fingerprint density at radius 2 is 2.19 bits per heavy atom. The van der Waals surface area contributed by atoms with Gasteiger partial charge in [-0.2, -0.15) is 0 Å². The summed E-state index contributed by atoms with van der Waals surface area (Å²) in [5.41, 5.74) is 1.27. The van der Waals surface area contributed by atoms with E-state index >= 15 is 0 Å². The number of carboxylic acids is 1. The van der Waals surface area contributed by atoms with Crippen LogP contribution in [0.1, 0.15) is 16.1 Å². The van der Waals surface area contributed by atoms with E-state index < -0.39 is 5.97 Å². The first-order valence-electron chi connectivity index (χ1n) is 4.62. The number of H-pyrrole nitrogens is 1. The summed E-state index contributed by atoms with van der Waals surface area (Å²) in [6.45, 7) is 1.76. The molecule has 16 heavy (non-hydrogen) atoms. The Morgan fingerprint density at radius 3 is 2.75 bits per heavy atom. The number of benzene rings is 1. The van der Waals surface area contributed by atoms with E-state index in [0.717, 1.165) is 5.56 Å². The largest absolute Gasteiger partial charge is 0.477 e. The number of halogens is 1. The number of nitrogens with zero attached hydrogens (tertiary/aromatic N) is 1. The summed E-state index contributed by atoms with van der Waals surface area (Å²) in [7, 11) is 0. The van der Waals surface area contributed by atoms with E-state index in [1.165, 1.54) is 18.3 Å². The third-order valence-electron chi connectivity index (χ3n) is 2.12. The van der Waals surface area contributed by atoms with Crippen molar-refractivity contribution in [1.82, 2.24) is 9.97 Å². The molecule has 82 valence electrons. The van der Waals surface area contributed by atoms with E-state index in [0.29, 0.717) is 11.4 Å². The molecule has 0 aliphatic rings. The molecule has 4 nitrogen and oxygen atoms in total. The van der Waals surface area contributed by atoms with Crippen molar-refractivity contribution < 1.29 is 14.3 Å². The summed E-state index contributed by atoms with van der Waals surface area (Å²) in [5.74, 6) is -1.12. The van der Waals surface area contributed by atoms with Crippen molar-refractivity contribution in [3.8, 4) is 11.4 Å². The van der Waals surface area contributed by atoms with Crippen LogP contribution in [0.4, 0.5) is 4.39 Å². The van der Waals surface area contributed by atoms with Crippen LogP contribution in [0.15, 0.2) is 24.4 Å². The highest BCUT2D eigenvalue weighted by atomic mass is 19.1. The molecule has 1 aromatic carbocycles. The normalized spacial score (nSPS) is 10.4. The summed E-state index contributed by atoms with van der Waals surface area (Å²) in [5, 5.41) is 8.71. The molecule has 2 rings (SSSR count). The number of aromatic carboxylic acids is 1. The predicted molar refractivity (Wildman–Crippen MR) is 55.7 cm³/mol. The fourth-order valence-electron chi connectivity index (χ4n) is 1.45. The molecule has 0 saturated carbocycles. The van der Waals surface area contributed by atoms with Gasteiger partial charge in [-0.25, -0.2) is 14.2 Å². The highest BCUT2D eigenvalue weighted by Crippen LogP contribution is 2.18. The van der Waals surface area contributed by atoms with E-state index in [2.05, 4.69) is 9.97 Å². The molecule has 0 radical (unpaired) electrons. The summed E-state index contributed by atoms with van der Waals surface area (Å²) >= 11 is 0. The second kappa shape index (κ2) is 3.77. The Labute approximate surface area is 90.8 Å². The van der Waals surface area contributed by atoms with Crippen LogP contribution in [0.3, 0.4) is 0 Å². The van der Waals surface area contributed by atoms with Gasteiger partial charge >= 0.3 is 5.97 Å². The lowest BCUT2D eigenvalue weighted by atomic mass is 10.1. The molecule has 0 bridgehead atoms. The Balaban J connectivity index is 2.46. The molecule has 2 N–H and O–H groups in total. The fraction of sp³-hybridized carbons (Fsp3) is 0.0909. The van der Waals surface area contributed by atoms with Crippen LogP contribution in [0.2, 0.25) is 0 Å². The van der Waals surface area contributed by atoms with Crippen LogP contribution in [0.5, 0.6) is 0 Å². The average molecular weight is 220 g/mol. The minimum atomic E-state index is -1.09. The molecule has 0 fully saturated rings. The number of carboxylic acid groups (broad SMARTS) is 1. The van der Waals surface area contributed by atoms with Gasteiger partial charge in [-0.3, -0.25) is 0 Å². The molecular formula is C11H9FN2O2. The molecule has 5 heteroatoms. The number of imidazole rings is 1. The minimum Gasteiger partial charge on any atom is -0.477 e. The number of aromatic nitrogens is 2. The quantitative estimate of drug-likeness (QED) is 0.815. The van der Waals surface area contributed by atoms with Gasteiger partial charge in [-0.15, -0.1) is 0 Å². The van der Waals surface area contributed by atoms with Crippen molar-refractivity contribution in [1.29, 1.82) is 0 Å². The third kappa shape index (κ3) is 1.93. The van der Waals surface area contributed by atoms with Gasteiger partial charge in [-0.05, 0) is 30.7 Å². The van der Waals surface area contributed by atoms with Gasteiger partial charge in [0, 0.05) is 5.56 Å². The van der Waals surface area contributed by atoms with Crippen molar-refractivity contribution in [3.63, 3.8) is 0 Å². The van der Waals surface area contributed by atoms with Crippen molar-refractivity contribution in [2.24, 2.45) is 0 Å². The molecule has 2 aromatic rings. The van der Waals surface area contributed by atoms with E-state index in [1.54, 1.807) is 13.0 Å². The smallest absolute Gasteiger partial charge is 0.353 e. The van der Waals surface area contributed by atoms with Crippen molar-refractivity contribution in [3.05, 3.63) is 41.5 Å². The SMILES string of the molecule is Cc1cc(F)cc(-c2ncc(C(=O)O)[nH]2)c1. The summed E-state index contributed by atoms with van der Waals surface area (Å²) in [6, 6.07) is 4.43. The van der Waals surface area contributed by atoms with Crippen LogP contribution in [-0.2, 0) is 0 Å². The summed E-state index contributed by atoms with van der Waals surface area (Å²) < 4.78 is 13.1. The van der Waals surface area contributed by atoms with Crippen LogP contribution in [-0.4, -0.2) is 21.0 Å². The molecule has 0 atom stereocenters. The first-order valence-corrected chi connectivity index (χ1v) is 4.62. The summed E-state index contributed by atoms with van der Waals surface area (Å²) in [4.78, 5) is 17.1. The summed E-state index contributed by atoms with van der Waals surface area (Å²) in [6.07, 6.45) is 1.21. The molecule has 0 saturated heterocycles. The fourth-order valence-corrected chi connectivity index (χ4v) is 1.45. The standard InChI is InChI=1S/C11H9FN2O2/c1-6-2-7(4-8(12)3-6)10-13-5-9(14-10)11(15)16/h2-5H,1H3,(H,13,14)(H,15,16). The number of rotatable bonds is 2. The van der Waals surface area contributed by atoms with Gasteiger partial charge in [0.1, 0.15) is 17.3 Å². The van der Waals surface area contributed by atoms with Crippen molar-refractivity contribution in [2.75, 3.05) is 0 Å². The zero-order valence-electron chi connectivity index (χ0n) is 8.49. The molecule has 0 aliphatic heterocycles. The minimum absolute atomic E-state index is 0.0167. The van der Waals surface area contributed by atoms with Crippen molar-refractivity contribution in [2.45, 2.75) is 6.92 Å². The number of hydrogen-bond donors (Lipinski definition) is 2. The topological polar surface area (TPSA) is 66.0 Å². The zero-order chi connectivity index (χ0) is 11.7. The van der Waals surface area contributed by atoms with Gasteiger partial charge in [0.05, 0.1) is 6.20 Å². The molecule has 0 amide bonds. The maximum atomic E-state index is 13.1. The number of carbonyl (C=O) groups is 1. The van der Waals surface area contributed by atoms with E-state index in [1.807, 2.05) is 0 Å². The maximum absolute atomic E-state index is 13.1. The second-order valence-corrected chi connectivity index (χ2v) is 3.47. The monoisotopic (exact) mass is 220 g/mol. The molecular weight excluding hydrogens is 211 g/mol. The predicted octanol–water partition coefficient (Wildman–Crippen LogP) is 2.22. The lowest BCUT2D eigenvalue weighted by Gasteiger charge is -1.99. The molecule has 0 spiro atoms. The number of hydrogen-bond acceptors (Lipinski definition) is 2. The van der Waals surface area contributed by atoms with Gasteiger partial charge in [-0.1, -0.05) is 0 Å². The Kier molecular flexibility index (Phi) is 2.44. The van der Waals surface area contributed by atoms with Crippen LogP contribution < -0.4 is 0 Å². The van der Waals surface area contributed by atoms with Gasteiger partial charge in [0.15, 0.2) is 0 Å². The second-order valence-electron chi connectivity index (χ2n) is 3.47. The Morgan fingerprint density at radius 1 is 1.44 bits per heavy atom. The van der Waals surface area contributed by atoms with E-state index in [-0.39, 0.29) is 11.5 Å². The van der Waals surface area contributed by atoms with Crippen molar-refractivity contribution >= 4 is 5.97 Å². The van der Waals surface area contributed by atoms with Crippen LogP contribution in [0.25, 0.3) is 11.4 Å². The number of nitrogens with one attached hydrogen (secondary N) is 1. The Bertz CT molecular complexity index is 528. The molecule has 0 aliphatic carbocycles. The number of aromatic amines is 1.